The molecule has 2 aromatic carbocycles. The minimum atomic E-state index is 0.651. The molecule has 0 unspecified atom stereocenters. The molecule has 3 aromatic heterocycles. The summed E-state index contributed by atoms with van der Waals surface area (Å²) >= 11 is 0. The second kappa shape index (κ2) is 5.74. The summed E-state index contributed by atoms with van der Waals surface area (Å²) in [6.07, 6.45) is 5.65. The Morgan fingerprint density at radius 3 is 2.12 bits per heavy atom. The van der Waals surface area contributed by atoms with Gasteiger partial charge in [-0.15, -0.1) is 0 Å². The number of aromatic amines is 2. The van der Waals surface area contributed by atoms with Crippen LogP contribution in [0.1, 0.15) is 0 Å². The largest absolute Gasteiger partial charge is 0.493 e. The zero-order valence-corrected chi connectivity index (χ0v) is 14.2. The van der Waals surface area contributed by atoms with Gasteiger partial charge in [0.15, 0.2) is 11.6 Å². The van der Waals surface area contributed by atoms with Crippen molar-refractivity contribution >= 4 is 21.8 Å². The molecule has 5 rings (SSSR count). The predicted octanol–water partition coefficient (Wildman–Crippen LogP) is 4.78. The lowest BCUT2D eigenvalue weighted by atomic mass is 10.1. The standard InChI is InChI=1S/C21H16N4O/c1-26-19-12-24-21(16-11-23-18-9-5-3-7-14(16)18)25-20(19)15-10-22-17-8-4-2-6-13(15)17/h2-12,22-23H,1H3. The van der Waals surface area contributed by atoms with Crippen molar-refractivity contribution in [3.05, 3.63) is 67.1 Å². The Morgan fingerprint density at radius 1 is 0.808 bits per heavy atom. The number of fused-ring (bicyclic) bond motifs is 2. The molecule has 26 heavy (non-hydrogen) atoms. The van der Waals surface area contributed by atoms with E-state index in [9.17, 15) is 0 Å². The number of ether oxygens (including phenoxy) is 1. The number of methoxy groups -OCH3 is 1. The fourth-order valence-electron chi connectivity index (χ4n) is 3.37. The van der Waals surface area contributed by atoms with Crippen LogP contribution in [0, 0.1) is 0 Å². The predicted molar refractivity (Wildman–Crippen MR) is 103 cm³/mol. The van der Waals surface area contributed by atoms with E-state index in [0.29, 0.717) is 11.6 Å². The first-order valence-corrected chi connectivity index (χ1v) is 8.39. The van der Waals surface area contributed by atoms with Crippen LogP contribution < -0.4 is 4.74 Å². The molecule has 0 fully saturated rings. The maximum Gasteiger partial charge on any atom is 0.163 e. The Balaban J connectivity index is 1.74. The van der Waals surface area contributed by atoms with Gasteiger partial charge in [-0.2, -0.15) is 0 Å². The summed E-state index contributed by atoms with van der Waals surface area (Å²) in [5.74, 6) is 1.32. The zero-order chi connectivity index (χ0) is 17.5. The lowest BCUT2D eigenvalue weighted by molar-refractivity contribution is 0.413. The van der Waals surface area contributed by atoms with Crippen LogP contribution in [-0.2, 0) is 0 Å². The van der Waals surface area contributed by atoms with Crippen molar-refractivity contribution in [2.24, 2.45) is 0 Å². The highest BCUT2D eigenvalue weighted by Crippen LogP contribution is 2.35. The minimum Gasteiger partial charge on any atom is -0.493 e. The van der Waals surface area contributed by atoms with Crippen molar-refractivity contribution in [3.63, 3.8) is 0 Å². The summed E-state index contributed by atoms with van der Waals surface area (Å²) in [6.45, 7) is 0. The molecule has 0 atom stereocenters. The van der Waals surface area contributed by atoms with Gasteiger partial charge in [0.1, 0.15) is 5.69 Å². The Morgan fingerprint density at radius 2 is 1.42 bits per heavy atom. The van der Waals surface area contributed by atoms with Gasteiger partial charge < -0.3 is 14.7 Å². The van der Waals surface area contributed by atoms with E-state index in [1.54, 1.807) is 13.3 Å². The molecule has 5 aromatic rings. The average Bonchev–Trinajstić information content (AvgIpc) is 3.32. The molecule has 0 bridgehead atoms. The molecule has 0 saturated carbocycles. The number of rotatable bonds is 3. The fourth-order valence-corrected chi connectivity index (χ4v) is 3.37. The molecule has 0 aliphatic rings. The normalized spacial score (nSPS) is 11.3. The second-order valence-corrected chi connectivity index (χ2v) is 6.11. The Labute approximate surface area is 149 Å². The third-order valence-corrected chi connectivity index (χ3v) is 4.65. The van der Waals surface area contributed by atoms with Gasteiger partial charge in [-0.05, 0) is 12.1 Å². The highest BCUT2D eigenvalue weighted by molar-refractivity contribution is 5.97. The van der Waals surface area contributed by atoms with Crippen molar-refractivity contribution in [1.29, 1.82) is 0 Å². The van der Waals surface area contributed by atoms with Crippen molar-refractivity contribution < 1.29 is 4.74 Å². The van der Waals surface area contributed by atoms with E-state index < -0.39 is 0 Å². The van der Waals surface area contributed by atoms with Crippen molar-refractivity contribution in [2.45, 2.75) is 0 Å². The van der Waals surface area contributed by atoms with E-state index in [2.05, 4.69) is 27.1 Å². The first-order chi connectivity index (χ1) is 12.8. The van der Waals surface area contributed by atoms with Crippen LogP contribution in [0.2, 0.25) is 0 Å². The molecule has 0 radical (unpaired) electrons. The topological polar surface area (TPSA) is 66.6 Å². The Hall–Kier alpha value is -3.60. The Bertz CT molecular complexity index is 1240. The monoisotopic (exact) mass is 340 g/mol. The molecular weight excluding hydrogens is 324 g/mol. The molecule has 0 aliphatic heterocycles. The van der Waals surface area contributed by atoms with E-state index in [4.69, 9.17) is 9.72 Å². The van der Waals surface area contributed by atoms with Gasteiger partial charge >= 0.3 is 0 Å². The third kappa shape index (κ3) is 2.18. The molecule has 0 spiro atoms. The highest BCUT2D eigenvalue weighted by atomic mass is 16.5. The van der Waals surface area contributed by atoms with Crippen LogP contribution in [0.5, 0.6) is 5.75 Å². The molecule has 2 N–H and O–H groups in total. The summed E-state index contributed by atoms with van der Waals surface area (Å²) in [5, 5.41) is 2.21. The van der Waals surface area contributed by atoms with Crippen LogP contribution in [0.3, 0.4) is 0 Å². The van der Waals surface area contributed by atoms with E-state index in [1.807, 2.05) is 48.8 Å². The molecule has 5 heteroatoms. The fraction of sp³-hybridized carbons (Fsp3) is 0.0476. The maximum absolute atomic E-state index is 5.53. The lowest BCUT2D eigenvalue weighted by Gasteiger charge is -2.08. The van der Waals surface area contributed by atoms with Gasteiger partial charge in [-0.1, -0.05) is 36.4 Å². The molecule has 0 aliphatic carbocycles. The van der Waals surface area contributed by atoms with Gasteiger partial charge in [0.2, 0.25) is 0 Å². The van der Waals surface area contributed by atoms with E-state index in [-0.39, 0.29) is 0 Å². The van der Waals surface area contributed by atoms with Crippen LogP contribution >= 0.6 is 0 Å². The number of para-hydroxylation sites is 2. The second-order valence-electron chi connectivity index (χ2n) is 6.11. The van der Waals surface area contributed by atoms with Gasteiger partial charge in [0, 0.05) is 45.3 Å². The first kappa shape index (κ1) is 14.7. The summed E-state index contributed by atoms with van der Waals surface area (Å²) in [5.41, 5.74) is 4.89. The molecule has 126 valence electrons. The number of nitrogens with one attached hydrogen (secondary N) is 2. The zero-order valence-electron chi connectivity index (χ0n) is 14.2. The number of benzene rings is 2. The summed E-state index contributed by atoms with van der Waals surface area (Å²) < 4.78 is 5.53. The average molecular weight is 340 g/mol. The summed E-state index contributed by atoms with van der Waals surface area (Å²) in [4.78, 5) is 16.0. The van der Waals surface area contributed by atoms with Crippen LogP contribution in [0.15, 0.2) is 67.1 Å². The number of hydrogen-bond donors (Lipinski definition) is 2. The third-order valence-electron chi connectivity index (χ3n) is 4.65. The smallest absolute Gasteiger partial charge is 0.163 e. The van der Waals surface area contributed by atoms with E-state index in [1.165, 1.54) is 0 Å². The van der Waals surface area contributed by atoms with Crippen molar-refractivity contribution in [2.75, 3.05) is 7.11 Å². The Kier molecular flexibility index (Phi) is 3.25. The number of aromatic nitrogens is 4. The quantitative estimate of drug-likeness (QED) is 0.496. The number of H-pyrrole nitrogens is 2. The van der Waals surface area contributed by atoms with Gasteiger partial charge in [-0.25, -0.2) is 9.97 Å². The van der Waals surface area contributed by atoms with Crippen molar-refractivity contribution in [1.82, 2.24) is 19.9 Å². The summed E-state index contributed by atoms with van der Waals surface area (Å²) in [7, 11) is 1.64. The molecule has 5 nitrogen and oxygen atoms in total. The van der Waals surface area contributed by atoms with Crippen LogP contribution in [0.25, 0.3) is 44.5 Å². The number of hydrogen-bond acceptors (Lipinski definition) is 3. The maximum atomic E-state index is 5.53. The molecule has 0 saturated heterocycles. The van der Waals surface area contributed by atoms with Crippen LogP contribution in [0.4, 0.5) is 0 Å². The molecular formula is C21H16N4O. The van der Waals surface area contributed by atoms with Crippen LogP contribution in [-0.4, -0.2) is 27.0 Å². The number of nitrogens with zero attached hydrogens (tertiary/aromatic N) is 2. The van der Waals surface area contributed by atoms with E-state index in [0.717, 1.165) is 38.6 Å². The van der Waals surface area contributed by atoms with E-state index >= 15 is 0 Å². The minimum absolute atomic E-state index is 0.651. The van der Waals surface area contributed by atoms with Gasteiger partial charge in [0.25, 0.3) is 0 Å². The molecule has 0 amide bonds. The lowest BCUT2D eigenvalue weighted by Crippen LogP contribution is -1.96. The highest BCUT2D eigenvalue weighted by Gasteiger charge is 2.16. The molecule has 3 heterocycles. The van der Waals surface area contributed by atoms with Gasteiger partial charge in [0.05, 0.1) is 13.3 Å². The van der Waals surface area contributed by atoms with Crippen molar-refractivity contribution in [3.8, 4) is 28.4 Å². The SMILES string of the molecule is COc1cnc(-c2c[nH]c3ccccc23)nc1-c1c[nH]c2ccccc12. The summed E-state index contributed by atoms with van der Waals surface area (Å²) in [6, 6.07) is 16.3. The first-order valence-electron chi connectivity index (χ1n) is 8.39. The van der Waals surface area contributed by atoms with Gasteiger partial charge in [-0.3, -0.25) is 0 Å².